The van der Waals surface area contributed by atoms with Crippen molar-refractivity contribution in [2.24, 2.45) is 5.10 Å². The number of hydrogen-bond acceptors (Lipinski definition) is 6. The van der Waals surface area contributed by atoms with E-state index in [0.717, 1.165) is 28.4 Å². The quantitative estimate of drug-likeness (QED) is 0.295. The maximum absolute atomic E-state index is 6.40. The number of ether oxygens (including phenoxy) is 2. The van der Waals surface area contributed by atoms with Crippen molar-refractivity contribution in [2.45, 2.75) is 34.1 Å². The third-order valence-corrected chi connectivity index (χ3v) is 5.49. The van der Waals surface area contributed by atoms with E-state index in [1.54, 1.807) is 6.21 Å². The molecule has 0 spiro atoms. The van der Waals surface area contributed by atoms with Crippen LogP contribution in [0.25, 0.3) is 11.3 Å². The van der Waals surface area contributed by atoms with Gasteiger partial charge in [0.2, 0.25) is 5.13 Å². The minimum Gasteiger partial charge on any atom is -0.490 e. The molecule has 0 fully saturated rings. The van der Waals surface area contributed by atoms with Crippen LogP contribution in [0, 0.1) is 13.8 Å². The molecule has 0 amide bonds. The van der Waals surface area contributed by atoms with Crippen LogP contribution in [0.1, 0.15) is 37.0 Å². The summed E-state index contributed by atoms with van der Waals surface area (Å²) in [5.74, 6) is 1.19. The van der Waals surface area contributed by atoms with E-state index < -0.39 is 0 Å². The molecule has 0 aliphatic carbocycles. The molecule has 1 aromatic heterocycles. The highest BCUT2D eigenvalue weighted by Crippen LogP contribution is 2.36. The number of hydrazone groups is 1. The van der Waals surface area contributed by atoms with E-state index in [1.807, 2.05) is 31.4 Å². The SMILES string of the molecule is CCCOc1c(Cl)cc(/C=N\Nc2nc(-c3ccc(C)c(C)c3)cs2)cc1OCC. The maximum atomic E-state index is 6.40. The Morgan fingerprint density at radius 3 is 2.70 bits per heavy atom. The summed E-state index contributed by atoms with van der Waals surface area (Å²) in [5, 5.41) is 7.55. The zero-order valence-electron chi connectivity index (χ0n) is 17.7. The number of halogens is 1. The fourth-order valence-corrected chi connectivity index (χ4v) is 3.73. The van der Waals surface area contributed by atoms with E-state index in [0.29, 0.717) is 29.7 Å². The van der Waals surface area contributed by atoms with E-state index in [1.165, 1.54) is 22.5 Å². The van der Waals surface area contributed by atoms with E-state index in [4.69, 9.17) is 21.1 Å². The molecular weight excluding hydrogens is 418 g/mol. The monoisotopic (exact) mass is 443 g/mol. The van der Waals surface area contributed by atoms with Crippen molar-refractivity contribution in [1.29, 1.82) is 0 Å². The Labute approximate surface area is 186 Å². The molecule has 0 bridgehead atoms. The van der Waals surface area contributed by atoms with Crippen LogP contribution in [0.4, 0.5) is 5.13 Å². The third kappa shape index (κ3) is 5.52. The standard InChI is InChI=1S/C23H26ClN3O2S/c1-5-9-29-22-19(24)11-17(12-21(22)28-6-2)13-25-27-23-26-20(14-30-23)18-8-7-15(3)16(4)10-18/h7-8,10-14H,5-6,9H2,1-4H3,(H,26,27)/b25-13-. The smallest absolute Gasteiger partial charge is 0.203 e. The van der Waals surface area contributed by atoms with Crippen LogP contribution < -0.4 is 14.9 Å². The second-order valence-electron chi connectivity index (χ2n) is 6.82. The summed E-state index contributed by atoms with van der Waals surface area (Å²) in [6.07, 6.45) is 2.59. The molecule has 3 aromatic rings. The van der Waals surface area contributed by atoms with Gasteiger partial charge in [0.05, 0.1) is 30.1 Å². The lowest BCUT2D eigenvalue weighted by Crippen LogP contribution is -2.02. The van der Waals surface area contributed by atoms with Crippen LogP contribution in [0.15, 0.2) is 40.8 Å². The van der Waals surface area contributed by atoms with Gasteiger partial charge in [0.15, 0.2) is 11.5 Å². The molecule has 0 aliphatic heterocycles. The summed E-state index contributed by atoms with van der Waals surface area (Å²) in [5.41, 5.74) is 8.35. The molecule has 3 rings (SSSR count). The normalized spacial score (nSPS) is 11.1. The molecule has 5 nitrogen and oxygen atoms in total. The predicted octanol–water partition coefficient (Wildman–Crippen LogP) is 6.71. The largest absolute Gasteiger partial charge is 0.490 e. The average molecular weight is 444 g/mol. The summed E-state index contributed by atoms with van der Waals surface area (Å²) in [6, 6.07) is 10.0. The number of aromatic nitrogens is 1. The van der Waals surface area contributed by atoms with Crippen molar-refractivity contribution in [3.05, 3.63) is 57.4 Å². The van der Waals surface area contributed by atoms with Gasteiger partial charge < -0.3 is 9.47 Å². The average Bonchev–Trinajstić information content (AvgIpc) is 3.19. The lowest BCUT2D eigenvalue weighted by molar-refractivity contribution is 0.277. The van der Waals surface area contributed by atoms with Crippen LogP contribution in [-0.2, 0) is 0 Å². The van der Waals surface area contributed by atoms with Crippen LogP contribution in [-0.4, -0.2) is 24.4 Å². The van der Waals surface area contributed by atoms with Crippen molar-refractivity contribution in [1.82, 2.24) is 4.98 Å². The van der Waals surface area contributed by atoms with Gasteiger partial charge >= 0.3 is 0 Å². The van der Waals surface area contributed by atoms with Crippen molar-refractivity contribution in [2.75, 3.05) is 18.6 Å². The molecule has 7 heteroatoms. The van der Waals surface area contributed by atoms with Gasteiger partial charge in [0.1, 0.15) is 0 Å². The number of thiazole rings is 1. The third-order valence-electron chi connectivity index (χ3n) is 4.46. The van der Waals surface area contributed by atoms with Crippen molar-refractivity contribution < 1.29 is 9.47 Å². The van der Waals surface area contributed by atoms with Crippen LogP contribution in [0.2, 0.25) is 5.02 Å². The first kappa shape index (κ1) is 22.1. The molecule has 0 aliphatic rings. The number of nitrogens with one attached hydrogen (secondary N) is 1. The minimum absolute atomic E-state index is 0.502. The molecule has 0 atom stereocenters. The Morgan fingerprint density at radius 2 is 1.97 bits per heavy atom. The lowest BCUT2D eigenvalue weighted by atomic mass is 10.1. The molecule has 0 saturated carbocycles. The first-order valence-electron chi connectivity index (χ1n) is 9.93. The van der Waals surface area contributed by atoms with E-state index >= 15 is 0 Å². The highest BCUT2D eigenvalue weighted by molar-refractivity contribution is 7.14. The Morgan fingerprint density at radius 1 is 1.13 bits per heavy atom. The number of rotatable bonds is 9. The molecule has 1 heterocycles. The summed E-state index contributed by atoms with van der Waals surface area (Å²) in [6.45, 7) is 9.29. The molecule has 158 valence electrons. The highest BCUT2D eigenvalue weighted by atomic mass is 35.5. The first-order valence-corrected chi connectivity index (χ1v) is 11.2. The Bertz CT molecular complexity index is 1030. The summed E-state index contributed by atoms with van der Waals surface area (Å²) < 4.78 is 11.4. The summed E-state index contributed by atoms with van der Waals surface area (Å²) in [7, 11) is 0. The van der Waals surface area contributed by atoms with E-state index in [9.17, 15) is 0 Å². The number of anilines is 1. The Balaban J connectivity index is 1.72. The predicted molar refractivity (Wildman–Crippen MR) is 127 cm³/mol. The van der Waals surface area contributed by atoms with Gasteiger partial charge in [-0.15, -0.1) is 11.3 Å². The molecule has 2 aromatic carbocycles. The molecule has 0 radical (unpaired) electrons. The van der Waals surface area contributed by atoms with Crippen LogP contribution in [0.3, 0.4) is 0 Å². The van der Waals surface area contributed by atoms with E-state index in [2.05, 4.69) is 47.6 Å². The van der Waals surface area contributed by atoms with Gasteiger partial charge in [-0.25, -0.2) is 4.98 Å². The second kappa shape index (κ2) is 10.5. The van der Waals surface area contributed by atoms with Gasteiger partial charge in [-0.2, -0.15) is 5.10 Å². The Hall–Kier alpha value is -2.57. The fraction of sp³-hybridized carbons (Fsp3) is 0.304. The zero-order valence-corrected chi connectivity index (χ0v) is 19.2. The lowest BCUT2D eigenvalue weighted by Gasteiger charge is -2.13. The van der Waals surface area contributed by atoms with Crippen molar-refractivity contribution >= 4 is 34.3 Å². The maximum Gasteiger partial charge on any atom is 0.203 e. The number of benzene rings is 2. The van der Waals surface area contributed by atoms with Crippen LogP contribution in [0.5, 0.6) is 11.5 Å². The number of hydrogen-bond donors (Lipinski definition) is 1. The van der Waals surface area contributed by atoms with Crippen molar-refractivity contribution in [3.8, 4) is 22.8 Å². The van der Waals surface area contributed by atoms with Gasteiger partial charge in [-0.05, 0) is 62.1 Å². The molecule has 0 unspecified atom stereocenters. The molecular formula is C23H26ClN3O2S. The highest BCUT2D eigenvalue weighted by Gasteiger charge is 2.12. The molecule has 0 saturated heterocycles. The minimum atomic E-state index is 0.502. The number of nitrogens with zero attached hydrogens (tertiary/aromatic N) is 2. The fourth-order valence-electron chi connectivity index (χ4n) is 2.79. The van der Waals surface area contributed by atoms with Gasteiger partial charge in [0, 0.05) is 10.9 Å². The Kier molecular flexibility index (Phi) is 7.71. The second-order valence-corrected chi connectivity index (χ2v) is 8.08. The molecule has 1 N–H and O–H groups in total. The number of aryl methyl sites for hydroxylation is 2. The topological polar surface area (TPSA) is 55.7 Å². The van der Waals surface area contributed by atoms with Gasteiger partial charge in [-0.1, -0.05) is 30.7 Å². The van der Waals surface area contributed by atoms with Crippen molar-refractivity contribution in [3.63, 3.8) is 0 Å². The van der Waals surface area contributed by atoms with Crippen LogP contribution >= 0.6 is 22.9 Å². The summed E-state index contributed by atoms with van der Waals surface area (Å²) >= 11 is 7.91. The van der Waals surface area contributed by atoms with Gasteiger partial charge in [0.25, 0.3) is 0 Å². The van der Waals surface area contributed by atoms with E-state index in [-0.39, 0.29) is 0 Å². The molecule has 30 heavy (non-hydrogen) atoms. The summed E-state index contributed by atoms with van der Waals surface area (Å²) in [4.78, 5) is 4.62. The van der Waals surface area contributed by atoms with Gasteiger partial charge in [-0.3, -0.25) is 5.43 Å². The zero-order chi connectivity index (χ0) is 21.5. The first-order chi connectivity index (χ1) is 14.5.